The zero-order valence-corrected chi connectivity index (χ0v) is 17.2. The van der Waals surface area contributed by atoms with Crippen molar-refractivity contribution in [3.63, 3.8) is 0 Å². The third-order valence-electron chi connectivity index (χ3n) is 4.33. The van der Waals surface area contributed by atoms with E-state index in [1.807, 2.05) is 0 Å². The van der Waals surface area contributed by atoms with Crippen molar-refractivity contribution in [2.75, 3.05) is 23.4 Å². The molecule has 7 nitrogen and oxygen atoms in total. The second kappa shape index (κ2) is 8.14. The molecule has 1 N–H and O–H groups in total. The van der Waals surface area contributed by atoms with Gasteiger partial charge in [-0.1, -0.05) is 0 Å². The van der Waals surface area contributed by atoms with E-state index in [0.29, 0.717) is 28.3 Å². The van der Waals surface area contributed by atoms with E-state index in [1.54, 1.807) is 45.9 Å². The number of hydrogen-bond acceptors (Lipinski definition) is 5. The SMILES string of the molecule is Cc1cc(C(=O)CN2C(=O)COc3ccc(NC(=O)OC(C)(C)C)cc32)ccc1F. The first-order valence-electron chi connectivity index (χ1n) is 9.40. The van der Waals surface area contributed by atoms with Gasteiger partial charge in [0.2, 0.25) is 0 Å². The molecule has 158 valence electrons. The maximum absolute atomic E-state index is 13.5. The first-order valence-corrected chi connectivity index (χ1v) is 9.40. The molecule has 0 radical (unpaired) electrons. The van der Waals surface area contributed by atoms with Crippen LogP contribution in [0, 0.1) is 12.7 Å². The number of benzene rings is 2. The lowest BCUT2D eigenvalue weighted by atomic mass is 10.1. The molecule has 0 atom stereocenters. The molecule has 1 heterocycles. The molecule has 0 bridgehead atoms. The minimum atomic E-state index is -0.664. The first kappa shape index (κ1) is 21.3. The van der Waals surface area contributed by atoms with E-state index in [1.165, 1.54) is 23.1 Å². The van der Waals surface area contributed by atoms with Crippen LogP contribution in [-0.2, 0) is 9.53 Å². The van der Waals surface area contributed by atoms with Crippen molar-refractivity contribution in [3.05, 3.63) is 53.3 Å². The summed E-state index contributed by atoms with van der Waals surface area (Å²) in [5, 5.41) is 2.60. The van der Waals surface area contributed by atoms with Crippen molar-refractivity contribution < 1.29 is 28.2 Å². The quantitative estimate of drug-likeness (QED) is 0.762. The number of aryl methyl sites for hydroxylation is 1. The Morgan fingerprint density at radius 1 is 1.20 bits per heavy atom. The number of ether oxygens (including phenoxy) is 2. The van der Waals surface area contributed by atoms with Crippen molar-refractivity contribution in [1.29, 1.82) is 0 Å². The molecule has 1 aliphatic rings. The number of hydrogen-bond donors (Lipinski definition) is 1. The van der Waals surface area contributed by atoms with Crippen LogP contribution in [0.3, 0.4) is 0 Å². The lowest BCUT2D eigenvalue weighted by molar-refractivity contribution is -0.121. The Balaban J connectivity index is 1.83. The predicted octanol–water partition coefficient (Wildman–Crippen LogP) is 4.09. The Hall–Kier alpha value is -3.42. The van der Waals surface area contributed by atoms with Gasteiger partial charge in [0, 0.05) is 11.3 Å². The Bertz CT molecular complexity index is 1010. The van der Waals surface area contributed by atoms with Crippen molar-refractivity contribution in [2.24, 2.45) is 0 Å². The zero-order valence-electron chi connectivity index (χ0n) is 17.2. The van der Waals surface area contributed by atoms with Gasteiger partial charge in [0.25, 0.3) is 5.91 Å². The third-order valence-corrected chi connectivity index (χ3v) is 4.33. The number of ketones is 1. The van der Waals surface area contributed by atoms with E-state index in [2.05, 4.69) is 5.32 Å². The number of rotatable bonds is 4. The topological polar surface area (TPSA) is 84.9 Å². The Morgan fingerprint density at radius 2 is 1.93 bits per heavy atom. The van der Waals surface area contributed by atoms with E-state index in [9.17, 15) is 18.8 Å². The minimum Gasteiger partial charge on any atom is -0.482 e. The molecule has 0 saturated carbocycles. The van der Waals surface area contributed by atoms with E-state index in [4.69, 9.17) is 9.47 Å². The summed E-state index contributed by atoms with van der Waals surface area (Å²) in [7, 11) is 0. The van der Waals surface area contributed by atoms with Gasteiger partial charge in [0.05, 0.1) is 12.2 Å². The van der Waals surface area contributed by atoms with E-state index in [0.717, 1.165) is 0 Å². The number of anilines is 2. The highest BCUT2D eigenvalue weighted by Gasteiger charge is 2.28. The lowest BCUT2D eigenvalue weighted by Crippen LogP contribution is -2.42. The van der Waals surface area contributed by atoms with Gasteiger partial charge in [-0.15, -0.1) is 0 Å². The summed E-state index contributed by atoms with van der Waals surface area (Å²) < 4.78 is 24.2. The van der Waals surface area contributed by atoms with Gasteiger partial charge < -0.3 is 9.47 Å². The molecular weight excluding hydrogens is 391 g/mol. The van der Waals surface area contributed by atoms with Crippen LogP contribution in [0.5, 0.6) is 5.75 Å². The first-order chi connectivity index (χ1) is 14.0. The van der Waals surface area contributed by atoms with Gasteiger partial charge in [-0.05, 0) is 69.7 Å². The van der Waals surface area contributed by atoms with Crippen LogP contribution < -0.4 is 15.0 Å². The molecular formula is C22H23FN2O5. The highest BCUT2D eigenvalue weighted by molar-refractivity contribution is 6.07. The number of Topliss-reactive ketones (excluding diaryl/α,β-unsaturated/α-hetero) is 1. The van der Waals surface area contributed by atoms with Crippen LogP contribution in [0.4, 0.5) is 20.6 Å². The van der Waals surface area contributed by atoms with Crippen LogP contribution in [0.1, 0.15) is 36.7 Å². The number of amides is 2. The van der Waals surface area contributed by atoms with Gasteiger partial charge in [-0.2, -0.15) is 0 Å². The molecule has 2 aromatic rings. The summed E-state index contributed by atoms with van der Waals surface area (Å²) in [6, 6.07) is 8.82. The second-order valence-corrected chi connectivity index (χ2v) is 7.97. The normalized spacial score (nSPS) is 13.4. The fourth-order valence-corrected chi connectivity index (χ4v) is 2.93. The van der Waals surface area contributed by atoms with Crippen molar-refractivity contribution in [2.45, 2.75) is 33.3 Å². The summed E-state index contributed by atoms with van der Waals surface area (Å²) in [5.41, 5.74) is 0.725. The average Bonchev–Trinajstić information content (AvgIpc) is 2.64. The summed E-state index contributed by atoms with van der Waals surface area (Å²) in [4.78, 5) is 38.5. The van der Waals surface area contributed by atoms with Crippen LogP contribution >= 0.6 is 0 Å². The maximum Gasteiger partial charge on any atom is 0.412 e. The van der Waals surface area contributed by atoms with Crippen LogP contribution in [-0.4, -0.2) is 36.5 Å². The van der Waals surface area contributed by atoms with Gasteiger partial charge in [-0.3, -0.25) is 19.8 Å². The summed E-state index contributed by atoms with van der Waals surface area (Å²) in [6.45, 7) is 6.36. The highest BCUT2D eigenvalue weighted by Crippen LogP contribution is 2.35. The Morgan fingerprint density at radius 3 is 2.60 bits per heavy atom. The number of fused-ring (bicyclic) bond motifs is 1. The van der Waals surface area contributed by atoms with Gasteiger partial charge in [-0.25, -0.2) is 9.18 Å². The molecule has 3 rings (SSSR count). The Kier molecular flexibility index (Phi) is 5.78. The molecule has 0 unspecified atom stereocenters. The van der Waals surface area contributed by atoms with E-state index < -0.39 is 23.4 Å². The molecule has 0 spiro atoms. The molecule has 0 aromatic heterocycles. The summed E-state index contributed by atoms with van der Waals surface area (Å²) >= 11 is 0. The summed E-state index contributed by atoms with van der Waals surface area (Å²) in [6.07, 6.45) is -0.644. The Labute approximate surface area is 173 Å². The van der Waals surface area contributed by atoms with Crippen LogP contribution in [0.2, 0.25) is 0 Å². The zero-order chi connectivity index (χ0) is 22.1. The van der Waals surface area contributed by atoms with Crippen LogP contribution in [0.15, 0.2) is 36.4 Å². The number of carbonyl (C=O) groups excluding carboxylic acids is 3. The van der Waals surface area contributed by atoms with Gasteiger partial charge in [0.15, 0.2) is 12.4 Å². The number of carbonyl (C=O) groups is 3. The fourth-order valence-electron chi connectivity index (χ4n) is 2.93. The monoisotopic (exact) mass is 414 g/mol. The second-order valence-electron chi connectivity index (χ2n) is 7.97. The molecule has 0 fully saturated rings. The lowest BCUT2D eigenvalue weighted by Gasteiger charge is -2.29. The van der Waals surface area contributed by atoms with Crippen molar-refractivity contribution >= 4 is 29.2 Å². The van der Waals surface area contributed by atoms with E-state index >= 15 is 0 Å². The largest absolute Gasteiger partial charge is 0.482 e. The fraction of sp³-hybridized carbons (Fsp3) is 0.318. The number of halogens is 1. The summed E-state index contributed by atoms with van der Waals surface area (Å²) in [5.74, 6) is -0.737. The smallest absolute Gasteiger partial charge is 0.412 e. The standard InChI is InChI=1S/C22H23FN2O5/c1-13-9-14(5-7-16(13)23)18(26)11-25-17-10-15(24-21(28)30-22(2,3)4)6-8-19(17)29-12-20(25)27/h5-10H,11-12H2,1-4H3,(H,24,28). The van der Waals surface area contributed by atoms with Crippen molar-refractivity contribution in [3.8, 4) is 5.75 Å². The van der Waals surface area contributed by atoms with Crippen molar-refractivity contribution in [1.82, 2.24) is 0 Å². The van der Waals surface area contributed by atoms with Gasteiger partial charge >= 0.3 is 6.09 Å². The number of nitrogens with one attached hydrogen (secondary N) is 1. The third kappa shape index (κ3) is 4.94. The average molecular weight is 414 g/mol. The minimum absolute atomic E-state index is 0.207. The molecule has 2 aromatic carbocycles. The molecule has 8 heteroatoms. The predicted molar refractivity (Wildman–Crippen MR) is 110 cm³/mol. The molecule has 1 aliphatic heterocycles. The van der Waals surface area contributed by atoms with E-state index in [-0.39, 0.29) is 18.9 Å². The molecule has 0 aliphatic carbocycles. The van der Waals surface area contributed by atoms with Crippen LogP contribution in [0.25, 0.3) is 0 Å². The van der Waals surface area contributed by atoms with Gasteiger partial charge in [0.1, 0.15) is 17.2 Å². The number of nitrogens with zero attached hydrogens (tertiary/aromatic N) is 1. The molecule has 2 amide bonds. The molecule has 30 heavy (non-hydrogen) atoms. The highest BCUT2D eigenvalue weighted by atomic mass is 19.1. The molecule has 0 saturated heterocycles. The maximum atomic E-state index is 13.5.